The van der Waals surface area contributed by atoms with E-state index in [1.165, 1.54) is 24.9 Å². The summed E-state index contributed by atoms with van der Waals surface area (Å²) in [5.41, 5.74) is 7.75. The highest BCUT2D eigenvalue weighted by Crippen LogP contribution is 2.28. The lowest BCUT2D eigenvalue weighted by Crippen LogP contribution is -2.60. The zero-order valence-corrected chi connectivity index (χ0v) is 13.7. The fraction of sp³-hybridized carbons (Fsp3) is 0.667. The van der Waals surface area contributed by atoms with Gasteiger partial charge in [-0.1, -0.05) is 44.9 Å². The molecule has 1 fully saturated rings. The van der Waals surface area contributed by atoms with Gasteiger partial charge in [-0.05, 0) is 25.0 Å². The van der Waals surface area contributed by atoms with E-state index in [-0.39, 0.29) is 5.54 Å². The van der Waals surface area contributed by atoms with Gasteiger partial charge in [0.15, 0.2) is 0 Å². The molecule has 0 amide bonds. The summed E-state index contributed by atoms with van der Waals surface area (Å²) >= 11 is 0. The molecule has 1 aliphatic heterocycles. The topological polar surface area (TPSA) is 32.5 Å². The Morgan fingerprint density at radius 2 is 1.71 bits per heavy atom. The molecule has 0 radical (unpaired) electrons. The summed E-state index contributed by atoms with van der Waals surface area (Å²) in [6.07, 6.45) is 4.94. The molecule has 1 heterocycles. The number of benzene rings is 1. The zero-order valence-electron chi connectivity index (χ0n) is 13.7. The monoisotopic (exact) mass is 289 g/mol. The van der Waals surface area contributed by atoms with Crippen molar-refractivity contribution in [2.75, 3.05) is 37.6 Å². The maximum absolute atomic E-state index is 6.18. The number of nitrogens with zero attached hydrogens (tertiary/aromatic N) is 2. The van der Waals surface area contributed by atoms with E-state index in [9.17, 15) is 0 Å². The molecular formula is C18H31N3. The highest BCUT2D eigenvalue weighted by atomic mass is 15.3. The van der Waals surface area contributed by atoms with Gasteiger partial charge in [-0.15, -0.1) is 0 Å². The lowest BCUT2D eigenvalue weighted by Gasteiger charge is -2.48. The Morgan fingerprint density at radius 1 is 1.05 bits per heavy atom. The molecule has 3 nitrogen and oxygen atoms in total. The van der Waals surface area contributed by atoms with E-state index in [0.717, 1.165) is 39.1 Å². The van der Waals surface area contributed by atoms with Crippen molar-refractivity contribution in [3.63, 3.8) is 0 Å². The van der Waals surface area contributed by atoms with Crippen molar-refractivity contribution in [2.45, 2.75) is 45.1 Å². The van der Waals surface area contributed by atoms with Gasteiger partial charge in [0, 0.05) is 44.0 Å². The Morgan fingerprint density at radius 3 is 2.24 bits per heavy atom. The van der Waals surface area contributed by atoms with E-state index in [4.69, 9.17) is 5.73 Å². The Labute approximate surface area is 130 Å². The lowest BCUT2D eigenvalue weighted by molar-refractivity contribution is 0.0720. The van der Waals surface area contributed by atoms with E-state index in [1.807, 2.05) is 0 Å². The predicted octanol–water partition coefficient (Wildman–Crippen LogP) is 3.11. The van der Waals surface area contributed by atoms with Crippen LogP contribution in [-0.2, 0) is 0 Å². The summed E-state index contributed by atoms with van der Waals surface area (Å²) in [4.78, 5) is 5.15. The summed E-state index contributed by atoms with van der Waals surface area (Å²) < 4.78 is 0. The number of para-hydroxylation sites is 1. The standard InChI is InChI=1S/C18H31N3/c1-3-5-11-18(4-2,16-19)21-14-12-20(13-15-21)17-9-7-6-8-10-17/h6-10H,3-5,11-16,19H2,1-2H3. The molecule has 0 aromatic heterocycles. The molecule has 2 rings (SSSR count). The van der Waals surface area contributed by atoms with Crippen molar-refractivity contribution in [3.8, 4) is 0 Å². The number of hydrogen-bond donors (Lipinski definition) is 1. The fourth-order valence-corrected chi connectivity index (χ4v) is 3.52. The maximum atomic E-state index is 6.18. The van der Waals surface area contributed by atoms with Gasteiger partial charge in [-0.25, -0.2) is 0 Å². The van der Waals surface area contributed by atoms with Crippen molar-refractivity contribution in [3.05, 3.63) is 30.3 Å². The van der Waals surface area contributed by atoms with E-state index in [0.29, 0.717) is 0 Å². The molecule has 1 aliphatic rings. The van der Waals surface area contributed by atoms with Crippen molar-refractivity contribution in [1.29, 1.82) is 0 Å². The molecule has 0 aliphatic carbocycles. The normalized spacial score (nSPS) is 19.5. The van der Waals surface area contributed by atoms with Crippen LogP contribution in [0, 0.1) is 0 Å². The maximum Gasteiger partial charge on any atom is 0.0367 e. The molecule has 3 heteroatoms. The van der Waals surface area contributed by atoms with Crippen molar-refractivity contribution in [2.24, 2.45) is 5.73 Å². The average Bonchev–Trinajstić information content (AvgIpc) is 2.58. The summed E-state index contributed by atoms with van der Waals surface area (Å²) in [5.74, 6) is 0. The molecular weight excluding hydrogens is 258 g/mol. The minimum atomic E-state index is 0.221. The summed E-state index contributed by atoms with van der Waals surface area (Å²) in [6.45, 7) is 9.83. The van der Waals surface area contributed by atoms with Crippen LogP contribution in [0.5, 0.6) is 0 Å². The molecule has 1 aromatic carbocycles. The van der Waals surface area contributed by atoms with Crippen LogP contribution < -0.4 is 10.6 Å². The molecule has 1 unspecified atom stereocenters. The van der Waals surface area contributed by atoms with Crippen LogP contribution in [-0.4, -0.2) is 43.2 Å². The second kappa shape index (κ2) is 7.81. The number of unbranched alkanes of at least 4 members (excludes halogenated alkanes) is 1. The molecule has 1 atom stereocenters. The third-order valence-corrected chi connectivity index (χ3v) is 5.11. The largest absolute Gasteiger partial charge is 0.369 e. The van der Waals surface area contributed by atoms with Gasteiger partial charge in [0.2, 0.25) is 0 Å². The van der Waals surface area contributed by atoms with Crippen LogP contribution in [0.2, 0.25) is 0 Å². The SMILES string of the molecule is CCCCC(CC)(CN)N1CCN(c2ccccc2)CC1. The first-order valence-corrected chi connectivity index (χ1v) is 8.51. The van der Waals surface area contributed by atoms with Crippen LogP contribution in [0.25, 0.3) is 0 Å². The van der Waals surface area contributed by atoms with Crippen LogP contribution in [0.1, 0.15) is 39.5 Å². The first-order chi connectivity index (χ1) is 10.3. The zero-order chi connectivity index (χ0) is 15.1. The van der Waals surface area contributed by atoms with Crippen molar-refractivity contribution in [1.82, 2.24) is 4.90 Å². The van der Waals surface area contributed by atoms with Gasteiger partial charge in [0.05, 0.1) is 0 Å². The summed E-state index contributed by atoms with van der Waals surface area (Å²) in [6, 6.07) is 10.8. The van der Waals surface area contributed by atoms with Crippen LogP contribution in [0.15, 0.2) is 30.3 Å². The van der Waals surface area contributed by atoms with E-state index in [2.05, 4.69) is 54.0 Å². The molecule has 2 N–H and O–H groups in total. The smallest absolute Gasteiger partial charge is 0.0367 e. The Hall–Kier alpha value is -1.06. The predicted molar refractivity (Wildman–Crippen MR) is 91.8 cm³/mol. The minimum absolute atomic E-state index is 0.221. The van der Waals surface area contributed by atoms with Gasteiger partial charge in [0.1, 0.15) is 0 Å². The highest BCUT2D eigenvalue weighted by Gasteiger charge is 2.35. The van der Waals surface area contributed by atoms with Crippen LogP contribution >= 0.6 is 0 Å². The molecule has 1 aromatic rings. The number of anilines is 1. The van der Waals surface area contributed by atoms with E-state index in [1.54, 1.807) is 0 Å². The number of hydrogen-bond acceptors (Lipinski definition) is 3. The highest BCUT2D eigenvalue weighted by molar-refractivity contribution is 5.46. The van der Waals surface area contributed by atoms with Crippen molar-refractivity contribution < 1.29 is 0 Å². The third kappa shape index (κ3) is 3.78. The van der Waals surface area contributed by atoms with E-state index >= 15 is 0 Å². The van der Waals surface area contributed by atoms with Crippen molar-refractivity contribution >= 4 is 5.69 Å². The Kier molecular flexibility index (Phi) is 6.07. The van der Waals surface area contributed by atoms with Gasteiger partial charge < -0.3 is 10.6 Å². The lowest BCUT2D eigenvalue weighted by atomic mass is 9.87. The van der Waals surface area contributed by atoms with Crippen LogP contribution in [0.3, 0.4) is 0 Å². The average molecular weight is 289 g/mol. The molecule has 0 saturated carbocycles. The fourth-order valence-electron chi connectivity index (χ4n) is 3.52. The third-order valence-electron chi connectivity index (χ3n) is 5.11. The van der Waals surface area contributed by atoms with E-state index < -0.39 is 0 Å². The first kappa shape index (κ1) is 16.3. The second-order valence-electron chi connectivity index (χ2n) is 6.20. The molecule has 118 valence electrons. The summed E-state index contributed by atoms with van der Waals surface area (Å²) in [5, 5.41) is 0. The second-order valence-corrected chi connectivity index (χ2v) is 6.20. The number of nitrogens with two attached hydrogens (primary N) is 1. The number of rotatable bonds is 7. The molecule has 0 bridgehead atoms. The molecule has 21 heavy (non-hydrogen) atoms. The van der Waals surface area contributed by atoms with Gasteiger partial charge in [-0.3, -0.25) is 4.90 Å². The Bertz CT molecular complexity index is 392. The van der Waals surface area contributed by atoms with Gasteiger partial charge in [0.25, 0.3) is 0 Å². The van der Waals surface area contributed by atoms with Crippen LogP contribution in [0.4, 0.5) is 5.69 Å². The first-order valence-electron chi connectivity index (χ1n) is 8.51. The summed E-state index contributed by atoms with van der Waals surface area (Å²) in [7, 11) is 0. The van der Waals surface area contributed by atoms with Gasteiger partial charge in [-0.2, -0.15) is 0 Å². The Balaban J connectivity index is 1.98. The quantitative estimate of drug-likeness (QED) is 0.837. The number of piperazine rings is 1. The molecule has 1 saturated heterocycles. The molecule has 0 spiro atoms. The minimum Gasteiger partial charge on any atom is -0.369 e. The van der Waals surface area contributed by atoms with Gasteiger partial charge >= 0.3 is 0 Å².